The number of carbonyl (C=O) groups is 1. The zero-order valence-corrected chi connectivity index (χ0v) is 15.5. The van der Waals surface area contributed by atoms with Crippen molar-refractivity contribution in [2.24, 2.45) is 0 Å². The minimum Gasteiger partial charge on any atom is -0.323 e. The summed E-state index contributed by atoms with van der Waals surface area (Å²) in [5.41, 5.74) is 1.81. The van der Waals surface area contributed by atoms with E-state index >= 15 is 0 Å². The van der Waals surface area contributed by atoms with Crippen LogP contribution in [0, 0.1) is 6.92 Å². The molecular weight excluding hydrogens is 374 g/mol. The van der Waals surface area contributed by atoms with E-state index in [0.717, 1.165) is 22.6 Å². The number of hydrogen-bond donors (Lipinski definition) is 1. The number of thiazole rings is 1. The topological polar surface area (TPSA) is 73.1 Å². The Balaban J connectivity index is 1.77. The van der Waals surface area contributed by atoms with Crippen molar-refractivity contribution in [2.45, 2.75) is 20.0 Å². The third kappa shape index (κ3) is 4.12. The molecule has 1 amide bonds. The van der Waals surface area contributed by atoms with E-state index in [1.807, 2.05) is 18.2 Å². The molecule has 8 heteroatoms. The summed E-state index contributed by atoms with van der Waals surface area (Å²) in [6.45, 7) is 2.00. The van der Waals surface area contributed by atoms with Crippen molar-refractivity contribution in [2.75, 3.05) is 5.32 Å². The molecule has 1 N–H and O–H groups in total. The number of pyridine rings is 1. The Labute approximate surface area is 158 Å². The summed E-state index contributed by atoms with van der Waals surface area (Å²) in [5.74, 6) is -0.337. The first-order valence-corrected chi connectivity index (χ1v) is 9.08. The van der Waals surface area contributed by atoms with Crippen LogP contribution in [0.25, 0.3) is 0 Å². The van der Waals surface area contributed by atoms with E-state index in [1.54, 1.807) is 24.6 Å². The second kappa shape index (κ2) is 7.72. The maximum atomic E-state index is 12.2. The molecule has 2 aromatic heterocycles. The number of nitrogens with zero attached hydrogens (tertiary/aromatic N) is 2. The molecule has 2 heterocycles. The van der Waals surface area contributed by atoms with Crippen LogP contribution in [0.5, 0.6) is 0 Å². The first-order chi connectivity index (χ1) is 12.4. The molecule has 0 saturated heterocycles. The molecule has 0 saturated carbocycles. The highest BCUT2D eigenvalue weighted by Gasteiger charge is 2.10. The average Bonchev–Trinajstić information content (AvgIpc) is 2.92. The summed E-state index contributed by atoms with van der Waals surface area (Å²) in [4.78, 5) is 35.8. The fraction of sp³-hybridized carbons (Fsp3) is 0.167. The third-order valence-electron chi connectivity index (χ3n) is 3.84. The first kappa shape index (κ1) is 18.2. The van der Waals surface area contributed by atoms with Gasteiger partial charge in [0, 0.05) is 28.4 Å². The number of anilines is 1. The van der Waals surface area contributed by atoms with Gasteiger partial charge in [-0.1, -0.05) is 41.1 Å². The smallest absolute Gasteiger partial charge is 0.307 e. The Hall–Kier alpha value is -2.64. The largest absolute Gasteiger partial charge is 0.323 e. The molecule has 0 fully saturated rings. The lowest BCUT2D eigenvalue weighted by molar-refractivity contribution is -0.116. The van der Waals surface area contributed by atoms with Crippen LogP contribution < -0.4 is 15.7 Å². The van der Waals surface area contributed by atoms with Gasteiger partial charge in [0.05, 0.1) is 12.2 Å². The number of aromatic nitrogens is 2. The van der Waals surface area contributed by atoms with Crippen molar-refractivity contribution in [3.63, 3.8) is 0 Å². The van der Waals surface area contributed by atoms with Gasteiger partial charge in [-0.25, -0.2) is 0 Å². The Morgan fingerprint density at radius 2 is 1.96 bits per heavy atom. The number of halogens is 1. The Morgan fingerprint density at radius 1 is 1.19 bits per heavy atom. The molecule has 0 spiro atoms. The molecular formula is C18H16ClN3O3S. The second-order valence-electron chi connectivity index (χ2n) is 5.75. The van der Waals surface area contributed by atoms with Crippen molar-refractivity contribution in [1.29, 1.82) is 0 Å². The van der Waals surface area contributed by atoms with E-state index in [0.29, 0.717) is 17.3 Å². The molecule has 134 valence electrons. The Kier molecular flexibility index (Phi) is 5.39. The predicted molar refractivity (Wildman–Crippen MR) is 103 cm³/mol. The van der Waals surface area contributed by atoms with Gasteiger partial charge in [0.1, 0.15) is 6.54 Å². The van der Waals surface area contributed by atoms with E-state index in [-0.39, 0.29) is 22.9 Å². The number of hydrogen-bond acceptors (Lipinski definition) is 4. The Bertz CT molecular complexity index is 1070. The fourth-order valence-corrected chi connectivity index (χ4v) is 3.41. The van der Waals surface area contributed by atoms with Gasteiger partial charge in [-0.3, -0.25) is 19.0 Å². The highest BCUT2D eigenvalue weighted by molar-refractivity contribution is 7.07. The van der Waals surface area contributed by atoms with Crippen LogP contribution in [-0.2, 0) is 17.9 Å². The van der Waals surface area contributed by atoms with Crippen molar-refractivity contribution < 1.29 is 4.79 Å². The molecule has 0 unspecified atom stereocenters. The van der Waals surface area contributed by atoms with Crippen molar-refractivity contribution in [3.8, 4) is 0 Å². The lowest BCUT2D eigenvalue weighted by atomic mass is 10.2. The molecule has 26 heavy (non-hydrogen) atoms. The molecule has 6 nitrogen and oxygen atoms in total. The van der Waals surface area contributed by atoms with Gasteiger partial charge in [-0.2, -0.15) is 0 Å². The number of nitrogens with one attached hydrogen (secondary N) is 1. The molecule has 3 aromatic rings. The fourth-order valence-electron chi connectivity index (χ4n) is 2.48. The molecule has 0 bridgehead atoms. The van der Waals surface area contributed by atoms with E-state index in [4.69, 9.17) is 11.6 Å². The van der Waals surface area contributed by atoms with Crippen molar-refractivity contribution in [3.05, 3.63) is 84.3 Å². The van der Waals surface area contributed by atoms with Crippen LogP contribution >= 0.6 is 22.9 Å². The minimum atomic E-state index is -0.337. The maximum Gasteiger partial charge on any atom is 0.307 e. The van der Waals surface area contributed by atoms with Gasteiger partial charge in [0.2, 0.25) is 5.91 Å². The summed E-state index contributed by atoms with van der Waals surface area (Å²) >= 11 is 7.20. The maximum absolute atomic E-state index is 12.2. The van der Waals surface area contributed by atoms with Crippen LogP contribution in [0.2, 0.25) is 5.02 Å². The van der Waals surface area contributed by atoms with E-state index < -0.39 is 0 Å². The number of aryl methyl sites for hydroxylation is 1. The quantitative estimate of drug-likeness (QED) is 0.729. The molecule has 0 radical (unpaired) electrons. The molecule has 0 aliphatic carbocycles. The monoisotopic (exact) mass is 389 g/mol. The summed E-state index contributed by atoms with van der Waals surface area (Å²) < 4.78 is 2.87. The molecule has 0 atom stereocenters. The molecule has 0 aliphatic rings. The van der Waals surface area contributed by atoms with Crippen LogP contribution in [0.4, 0.5) is 5.69 Å². The summed E-state index contributed by atoms with van der Waals surface area (Å²) in [7, 11) is 0. The zero-order chi connectivity index (χ0) is 18.7. The summed E-state index contributed by atoms with van der Waals surface area (Å²) in [6, 6.07) is 10.2. The van der Waals surface area contributed by atoms with Gasteiger partial charge < -0.3 is 9.88 Å². The van der Waals surface area contributed by atoms with E-state index in [2.05, 4.69) is 5.32 Å². The highest BCUT2D eigenvalue weighted by Crippen LogP contribution is 2.16. The average molecular weight is 390 g/mol. The number of rotatable bonds is 5. The molecule has 3 rings (SSSR count). The van der Waals surface area contributed by atoms with Gasteiger partial charge in [-0.15, -0.1) is 0 Å². The summed E-state index contributed by atoms with van der Waals surface area (Å²) in [5, 5.41) is 4.99. The first-order valence-electron chi connectivity index (χ1n) is 7.83. The van der Waals surface area contributed by atoms with Crippen LogP contribution in [0.1, 0.15) is 11.3 Å². The normalized spacial score (nSPS) is 10.7. The number of amides is 1. The van der Waals surface area contributed by atoms with Crippen LogP contribution in [0.15, 0.2) is 57.6 Å². The van der Waals surface area contributed by atoms with Gasteiger partial charge >= 0.3 is 4.87 Å². The van der Waals surface area contributed by atoms with Gasteiger partial charge in [-0.05, 0) is 24.6 Å². The minimum absolute atomic E-state index is 0.0716. The highest BCUT2D eigenvalue weighted by atomic mass is 35.5. The number of carbonyl (C=O) groups excluding carboxylic acids is 1. The lowest BCUT2D eigenvalue weighted by Gasteiger charge is -2.11. The standard InChI is InChI=1S/C18H16ClN3O3S/c1-12-11-26-18(25)22(12)10-16(23)20-14-6-7-17(24)21(9-14)8-13-4-2-3-5-15(13)19/h2-7,9,11H,8,10H2,1H3,(H,20,23). The molecule has 0 aliphatic heterocycles. The predicted octanol–water partition coefficient (Wildman–Crippen LogP) is 2.72. The summed E-state index contributed by atoms with van der Waals surface area (Å²) in [6.07, 6.45) is 1.56. The third-order valence-corrected chi connectivity index (χ3v) is 5.09. The zero-order valence-electron chi connectivity index (χ0n) is 13.9. The Morgan fingerprint density at radius 3 is 2.65 bits per heavy atom. The number of benzene rings is 1. The van der Waals surface area contributed by atoms with E-state index in [9.17, 15) is 14.4 Å². The van der Waals surface area contributed by atoms with Crippen LogP contribution in [-0.4, -0.2) is 15.0 Å². The van der Waals surface area contributed by atoms with Crippen molar-refractivity contribution >= 4 is 34.5 Å². The van der Waals surface area contributed by atoms with Gasteiger partial charge in [0.25, 0.3) is 5.56 Å². The second-order valence-corrected chi connectivity index (χ2v) is 6.98. The van der Waals surface area contributed by atoms with Gasteiger partial charge in [0.15, 0.2) is 0 Å². The SMILES string of the molecule is Cc1csc(=O)n1CC(=O)Nc1ccc(=O)n(Cc2ccccc2Cl)c1. The van der Waals surface area contributed by atoms with Crippen molar-refractivity contribution in [1.82, 2.24) is 9.13 Å². The van der Waals surface area contributed by atoms with Crippen LogP contribution in [0.3, 0.4) is 0 Å². The lowest BCUT2D eigenvalue weighted by Crippen LogP contribution is -2.26. The molecule has 1 aromatic carbocycles. The van der Waals surface area contributed by atoms with E-state index in [1.165, 1.54) is 21.3 Å².